The first-order valence-electron chi connectivity index (χ1n) is 6.48. The van der Waals surface area contributed by atoms with E-state index in [1.165, 1.54) is 10.9 Å². The average molecular weight is 466 g/mol. The number of aromatic nitrogens is 2. The molecule has 24 heavy (non-hydrogen) atoms. The third kappa shape index (κ3) is 3.79. The molecule has 0 atom stereocenters. The van der Waals surface area contributed by atoms with Gasteiger partial charge in [0.1, 0.15) is 11.6 Å². The summed E-state index contributed by atoms with van der Waals surface area (Å²) in [7, 11) is 0. The van der Waals surface area contributed by atoms with Gasteiger partial charge in [0.15, 0.2) is 12.2 Å². The quantitative estimate of drug-likeness (QED) is 0.472. The van der Waals surface area contributed by atoms with E-state index in [-0.39, 0.29) is 26.0 Å². The molecule has 0 aliphatic heterocycles. The summed E-state index contributed by atoms with van der Waals surface area (Å²) in [5.74, 6) is 0.145. The molecule has 126 valence electrons. The van der Waals surface area contributed by atoms with Crippen LogP contribution in [0.2, 0.25) is 0 Å². The van der Waals surface area contributed by atoms with Gasteiger partial charge in [0, 0.05) is 8.95 Å². The molecule has 0 amide bonds. The van der Waals surface area contributed by atoms with Crippen molar-refractivity contribution < 1.29 is 17.9 Å². The fourth-order valence-corrected chi connectivity index (χ4v) is 3.32. The molecule has 1 heterocycles. The first-order valence-corrected chi connectivity index (χ1v) is 8.07. The largest absolute Gasteiger partial charge is 0.483 e. The molecule has 5 nitrogen and oxygen atoms in total. The molecule has 2 aromatic rings. The number of alkyl halides is 3. The average Bonchev–Trinajstić information content (AvgIpc) is 2.89. The van der Waals surface area contributed by atoms with Crippen LogP contribution >= 0.6 is 31.9 Å². The molecule has 2 rings (SSSR count). The summed E-state index contributed by atoms with van der Waals surface area (Å²) < 4.78 is 45.2. The van der Waals surface area contributed by atoms with Gasteiger partial charge in [0.25, 0.3) is 0 Å². The van der Waals surface area contributed by atoms with Gasteiger partial charge in [-0.25, -0.2) is 4.68 Å². The molecule has 0 bridgehead atoms. The lowest BCUT2D eigenvalue weighted by Crippen LogP contribution is -2.07. The minimum absolute atomic E-state index is 0.143. The lowest BCUT2D eigenvalue weighted by Gasteiger charge is -2.13. The van der Waals surface area contributed by atoms with Crippen molar-refractivity contribution in [3.8, 4) is 11.8 Å². The number of ether oxygens (including phenoxy) is 1. The number of hydrogen-bond acceptors (Lipinski definition) is 4. The number of nitriles is 1. The second-order valence-electron chi connectivity index (χ2n) is 4.38. The van der Waals surface area contributed by atoms with Crippen molar-refractivity contribution in [1.82, 2.24) is 9.78 Å². The highest BCUT2D eigenvalue weighted by molar-refractivity contribution is 9.11. The molecule has 1 aromatic heterocycles. The van der Waals surface area contributed by atoms with Crippen LogP contribution in [0.5, 0.6) is 0 Å². The second kappa shape index (κ2) is 7.36. The molecule has 10 heteroatoms. The van der Waals surface area contributed by atoms with Gasteiger partial charge in [0.05, 0.1) is 24.1 Å². The second-order valence-corrected chi connectivity index (χ2v) is 6.09. The Morgan fingerprint density at radius 3 is 2.50 bits per heavy atom. The fraction of sp³-hybridized carbons (Fsp3) is 0.214. The standard InChI is InChI=1S/C14H9Br2F3N4O/c1-2-24-7-21-13-8(5-20)6-22-23(13)12-10(15)3-9(4-11(12)16)14(17,18)19/h3-4,6-7H,2H2,1H3/b21-7+. The molecule has 0 saturated carbocycles. The van der Waals surface area contributed by atoms with Gasteiger partial charge in [-0.2, -0.15) is 28.5 Å². The van der Waals surface area contributed by atoms with E-state index < -0.39 is 11.7 Å². The van der Waals surface area contributed by atoms with Crippen molar-refractivity contribution in [3.05, 3.63) is 38.4 Å². The molecular weight excluding hydrogens is 457 g/mol. The van der Waals surface area contributed by atoms with Gasteiger partial charge in [-0.1, -0.05) is 0 Å². The molecule has 0 N–H and O–H groups in total. The molecule has 0 fully saturated rings. The van der Waals surface area contributed by atoms with Crippen LogP contribution in [0.1, 0.15) is 18.1 Å². The maximum atomic E-state index is 12.9. The number of rotatable bonds is 4. The third-order valence-electron chi connectivity index (χ3n) is 2.84. The number of aliphatic imine (C=N–C) groups is 1. The van der Waals surface area contributed by atoms with Crippen molar-refractivity contribution in [1.29, 1.82) is 5.26 Å². The lowest BCUT2D eigenvalue weighted by molar-refractivity contribution is -0.137. The van der Waals surface area contributed by atoms with Crippen molar-refractivity contribution in [2.24, 2.45) is 4.99 Å². The topological polar surface area (TPSA) is 63.2 Å². The first kappa shape index (κ1) is 18.5. The first-order chi connectivity index (χ1) is 11.3. The Kier molecular flexibility index (Phi) is 5.66. The number of nitrogens with zero attached hydrogens (tertiary/aromatic N) is 4. The van der Waals surface area contributed by atoms with Crippen LogP contribution in [0, 0.1) is 11.3 Å². The Balaban J connectivity index is 2.61. The molecule has 1 aromatic carbocycles. The van der Waals surface area contributed by atoms with Crippen LogP contribution in [-0.4, -0.2) is 22.8 Å². The van der Waals surface area contributed by atoms with Crippen LogP contribution in [0.15, 0.2) is 32.3 Å². The number of hydrogen-bond donors (Lipinski definition) is 0. The molecule has 0 spiro atoms. The summed E-state index contributed by atoms with van der Waals surface area (Å²) in [6, 6.07) is 3.79. The van der Waals surface area contributed by atoms with Crippen molar-refractivity contribution in [2.75, 3.05) is 6.61 Å². The van der Waals surface area contributed by atoms with Crippen molar-refractivity contribution in [3.63, 3.8) is 0 Å². The van der Waals surface area contributed by atoms with Crippen LogP contribution < -0.4 is 0 Å². The summed E-state index contributed by atoms with van der Waals surface area (Å²) in [6.07, 6.45) is -2.06. The number of halogens is 5. The molecule has 0 unspecified atom stereocenters. The highest BCUT2D eigenvalue weighted by atomic mass is 79.9. The SMILES string of the molecule is CCO/C=N/c1c(C#N)cnn1-c1c(Br)cc(C(F)(F)F)cc1Br. The summed E-state index contributed by atoms with van der Waals surface area (Å²) in [4.78, 5) is 4.02. The Hall–Kier alpha value is -1.86. The summed E-state index contributed by atoms with van der Waals surface area (Å²) in [6.45, 7) is 2.14. The van der Waals surface area contributed by atoms with Crippen molar-refractivity contribution >= 4 is 44.1 Å². The van der Waals surface area contributed by atoms with Crippen molar-refractivity contribution in [2.45, 2.75) is 13.1 Å². The van der Waals surface area contributed by atoms with E-state index >= 15 is 0 Å². The summed E-state index contributed by atoms with van der Waals surface area (Å²) in [5.41, 5.74) is -0.380. The van der Waals surface area contributed by atoms with Gasteiger partial charge in [-0.3, -0.25) is 0 Å². The predicted molar refractivity (Wildman–Crippen MR) is 88.5 cm³/mol. The molecule has 0 radical (unpaired) electrons. The van der Waals surface area contributed by atoms with E-state index in [9.17, 15) is 13.2 Å². The zero-order valence-corrected chi connectivity index (χ0v) is 15.3. The molecular formula is C14H9Br2F3N4O. The Morgan fingerprint density at radius 2 is 2.00 bits per heavy atom. The minimum atomic E-state index is -4.48. The van der Waals surface area contributed by atoms with Crippen LogP contribution in [0.25, 0.3) is 5.69 Å². The monoisotopic (exact) mass is 464 g/mol. The fourth-order valence-electron chi connectivity index (χ4n) is 1.80. The van der Waals surface area contributed by atoms with E-state index in [0.717, 1.165) is 18.5 Å². The van der Waals surface area contributed by atoms with Gasteiger partial charge < -0.3 is 4.74 Å². The Bertz CT molecular complexity index is 801. The molecule has 0 aliphatic carbocycles. The Labute approximate surface area is 152 Å². The highest BCUT2D eigenvalue weighted by Crippen LogP contribution is 2.39. The zero-order valence-electron chi connectivity index (χ0n) is 12.1. The zero-order chi connectivity index (χ0) is 17.9. The molecule has 0 saturated heterocycles. The van der Waals surface area contributed by atoms with Gasteiger partial charge in [-0.05, 0) is 50.9 Å². The van der Waals surface area contributed by atoms with Gasteiger partial charge in [0.2, 0.25) is 0 Å². The number of benzene rings is 1. The smallest absolute Gasteiger partial charge is 0.416 e. The van der Waals surface area contributed by atoms with Crippen LogP contribution in [-0.2, 0) is 10.9 Å². The highest BCUT2D eigenvalue weighted by Gasteiger charge is 2.32. The maximum Gasteiger partial charge on any atom is 0.416 e. The van der Waals surface area contributed by atoms with Gasteiger partial charge in [-0.15, -0.1) is 0 Å². The Morgan fingerprint density at radius 1 is 1.38 bits per heavy atom. The summed E-state index contributed by atoms with van der Waals surface area (Å²) in [5, 5.41) is 13.2. The lowest BCUT2D eigenvalue weighted by atomic mass is 10.2. The van der Waals surface area contributed by atoms with Crippen LogP contribution in [0.3, 0.4) is 0 Å². The molecule has 0 aliphatic rings. The van der Waals surface area contributed by atoms with E-state index in [4.69, 9.17) is 10.00 Å². The van der Waals surface area contributed by atoms with E-state index in [1.54, 1.807) is 6.92 Å². The van der Waals surface area contributed by atoms with Gasteiger partial charge >= 0.3 is 6.18 Å². The van der Waals surface area contributed by atoms with E-state index in [1.807, 2.05) is 6.07 Å². The van der Waals surface area contributed by atoms with E-state index in [0.29, 0.717) is 6.61 Å². The third-order valence-corrected chi connectivity index (χ3v) is 4.05. The van der Waals surface area contributed by atoms with E-state index in [2.05, 4.69) is 42.0 Å². The predicted octanol–water partition coefficient (Wildman–Crippen LogP) is 4.98. The van der Waals surface area contributed by atoms with Crippen LogP contribution in [0.4, 0.5) is 19.0 Å². The summed E-state index contributed by atoms with van der Waals surface area (Å²) >= 11 is 6.23. The normalized spacial score (nSPS) is 11.7. The maximum absolute atomic E-state index is 12.9. The minimum Gasteiger partial charge on any atom is -0.483 e.